The van der Waals surface area contributed by atoms with Crippen LogP contribution in [0.25, 0.3) is 0 Å². The maximum atomic E-state index is 12.9. The van der Waals surface area contributed by atoms with Crippen molar-refractivity contribution in [2.75, 3.05) is 0 Å². The summed E-state index contributed by atoms with van der Waals surface area (Å²) in [5.41, 5.74) is 0. The summed E-state index contributed by atoms with van der Waals surface area (Å²) >= 11 is 0. The molecule has 0 atom stereocenters. The molecule has 20 heavy (non-hydrogen) atoms. The van der Waals surface area contributed by atoms with Gasteiger partial charge in [0.25, 0.3) is 0 Å². The molecule has 122 valence electrons. The minimum absolute atomic E-state index is 1.47. The monoisotopic (exact) mass is 362 g/mol. The normalized spacial score (nSPS) is 19.2. The van der Waals surface area contributed by atoms with Crippen LogP contribution in [0.5, 0.6) is 0 Å². The second-order valence-electron chi connectivity index (χ2n) is 4.27. The lowest BCUT2D eigenvalue weighted by atomic mass is 9.98. The standard InChI is InChI=1S/C6H6F12Si2/c7-1(8,3(11,12)5(15,16)17)2(9,10)4(13,14)6(18,19)20/h19-20H3. The fourth-order valence-corrected chi connectivity index (χ4v) is 1.57. The third-order valence-electron chi connectivity index (χ3n) is 2.29. The summed E-state index contributed by atoms with van der Waals surface area (Å²) in [5.74, 6) is -28.6. The van der Waals surface area contributed by atoms with E-state index in [0.29, 0.717) is 0 Å². The van der Waals surface area contributed by atoms with Gasteiger partial charge in [0.1, 0.15) is 4.92 Å². The molecule has 0 unspecified atom stereocenters. The van der Waals surface area contributed by atoms with Crippen molar-refractivity contribution in [2.24, 2.45) is 0 Å². The Morgan fingerprint density at radius 2 is 0.650 bits per heavy atom. The van der Waals surface area contributed by atoms with Crippen LogP contribution in [-0.2, 0) is 0 Å². The van der Waals surface area contributed by atoms with Gasteiger partial charge in [-0.2, -0.15) is 48.3 Å². The van der Waals surface area contributed by atoms with E-state index >= 15 is 0 Å². The van der Waals surface area contributed by atoms with Crippen LogP contribution < -0.4 is 0 Å². The fraction of sp³-hybridized carbons (Fsp3) is 1.00. The van der Waals surface area contributed by atoms with Crippen molar-refractivity contribution < 1.29 is 52.7 Å². The molecule has 0 spiro atoms. The lowest BCUT2D eigenvalue weighted by Gasteiger charge is -2.40. The van der Waals surface area contributed by atoms with Gasteiger partial charge in [0.05, 0.1) is 20.5 Å². The van der Waals surface area contributed by atoms with Gasteiger partial charge < -0.3 is 0 Å². The van der Waals surface area contributed by atoms with E-state index in [1.54, 1.807) is 0 Å². The molecule has 0 N–H and O–H groups in total. The Bertz CT molecular complexity index is 327. The Balaban J connectivity index is 6.08. The molecule has 0 amide bonds. The molecular formula is C6H6F12Si2. The summed E-state index contributed by atoms with van der Waals surface area (Å²) in [4.78, 5) is -4.21. The number of halogens is 12. The molecule has 0 aromatic carbocycles. The van der Waals surface area contributed by atoms with Gasteiger partial charge in [0, 0.05) is 0 Å². The Kier molecular flexibility index (Phi) is 4.45. The molecule has 14 heteroatoms. The quantitative estimate of drug-likeness (QED) is 0.525. The van der Waals surface area contributed by atoms with E-state index in [1.165, 1.54) is 0 Å². The van der Waals surface area contributed by atoms with Gasteiger partial charge >= 0.3 is 29.9 Å². The highest BCUT2D eigenvalue weighted by atomic mass is 28.2. The number of alkyl halides is 12. The third kappa shape index (κ3) is 2.44. The van der Waals surface area contributed by atoms with E-state index in [4.69, 9.17) is 0 Å². The second-order valence-corrected chi connectivity index (χ2v) is 10.0. The number of hydrogen-bond donors (Lipinski definition) is 0. The van der Waals surface area contributed by atoms with Crippen molar-refractivity contribution in [3.63, 3.8) is 0 Å². The van der Waals surface area contributed by atoms with E-state index in [2.05, 4.69) is 0 Å². The summed E-state index contributed by atoms with van der Waals surface area (Å²) in [6.07, 6.45) is -7.22. The van der Waals surface area contributed by atoms with Crippen LogP contribution >= 0.6 is 0 Å². The van der Waals surface area contributed by atoms with Crippen LogP contribution in [0.4, 0.5) is 52.7 Å². The highest BCUT2D eigenvalue weighted by Crippen LogP contribution is 2.59. The van der Waals surface area contributed by atoms with E-state index in [0.717, 1.165) is 0 Å². The predicted molar refractivity (Wildman–Crippen MR) is 49.6 cm³/mol. The van der Waals surface area contributed by atoms with E-state index in [-0.39, 0.29) is 0 Å². The van der Waals surface area contributed by atoms with Crippen molar-refractivity contribution in [3.05, 3.63) is 0 Å². The minimum Gasteiger partial charge on any atom is -0.247 e. The molecule has 0 radical (unpaired) electrons. The van der Waals surface area contributed by atoms with Crippen LogP contribution in [0.1, 0.15) is 0 Å². The predicted octanol–water partition coefficient (Wildman–Crippen LogP) is 1.44. The molecule has 0 aromatic rings. The van der Waals surface area contributed by atoms with E-state index in [1.807, 2.05) is 0 Å². The maximum absolute atomic E-state index is 12.9. The Hall–Kier alpha value is -0.406. The topological polar surface area (TPSA) is 0 Å². The molecule has 0 fully saturated rings. The van der Waals surface area contributed by atoms with Crippen LogP contribution in [0.3, 0.4) is 0 Å². The van der Waals surface area contributed by atoms with Gasteiger partial charge in [-0.15, -0.1) is 0 Å². The van der Waals surface area contributed by atoms with Crippen LogP contribution in [0.15, 0.2) is 0 Å². The molecular weight excluding hydrogens is 356 g/mol. The molecule has 0 nitrogen and oxygen atoms in total. The fourth-order valence-electron chi connectivity index (χ4n) is 0.946. The first kappa shape index (κ1) is 19.6. The van der Waals surface area contributed by atoms with E-state index in [9.17, 15) is 52.7 Å². The third-order valence-corrected chi connectivity index (χ3v) is 3.54. The zero-order valence-electron chi connectivity index (χ0n) is 9.54. The zero-order chi connectivity index (χ0) is 17.0. The Labute approximate surface area is 109 Å². The molecule has 0 rings (SSSR count). The molecule has 0 aliphatic heterocycles. The molecule has 0 saturated carbocycles. The first-order chi connectivity index (χ1) is 8.25. The lowest BCUT2D eigenvalue weighted by molar-refractivity contribution is -0.425. The summed E-state index contributed by atoms with van der Waals surface area (Å²) in [5, 5.41) is 0. The summed E-state index contributed by atoms with van der Waals surface area (Å²) in [7, 11) is -2.93. The van der Waals surface area contributed by atoms with Crippen LogP contribution in [-0.4, -0.2) is 55.3 Å². The van der Waals surface area contributed by atoms with Gasteiger partial charge in [-0.3, -0.25) is 0 Å². The minimum atomic E-state index is -7.52. The largest absolute Gasteiger partial charge is 0.460 e. The maximum Gasteiger partial charge on any atom is 0.460 e. The SMILES string of the molecule is FC(F)(F)C(F)(F)C(F)(F)C(F)(F)C(F)(F)C(F)([SiH3])[SiH3]. The number of rotatable bonds is 4. The van der Waals surface area contributed by atoms with Gasteiger partial charge in [-0.25, -0.2) is 4.39 Å². The molecule has 0 aliphatic carbocycles. The lowest BCUT2D eigenvalue weighted by Crippen LogP contribution is -2.71. The van der Waals surface area contributed by atoms with Gasteiger partial charge in [-0.05, 0) is 0 Å². The first-order valence-corrected chi connectivity index (χ1v) is 6.52. The Morgan fingerprint density at radius 1 is 0.400 bits per heavy atom. The highest BCUT2D eigenvalue weighted by Gasteiger charge is 2.88. The smallest absolute Gasteiger partial charge is 0.247 e. The molecule has 0 heterocycles. The van der Waals surface area contributed by atoms with Crippen molar-refractivity contribution in [3.8, 4) is 0 Å². The van der Waals surface area contributed by atoms with Gasteiger partial charge in [0.2, 0.25) is 0 Å². The molecule has 0 aliphatic rings. The summed E-state index contributed by atoms with van der Waals surface area (Å²) < 4.78 is 149. The van der Waals surface area contributed by atoms with Crippen LogP contribution in [0, 0.1) is 0 Å². The van der Waals surface area contributed by atoms with Crippen molar-refractivity contribution >= 4 is 20.5 Å². The first-order valence-electron chi connectivity index (χ1n) is 4.52. The average Bonchev–Trinajstić information content (AvgIpc) is 2.12. The van der Waals surface area contributed by atoms with Gasteiger partial charge in [-0.1, -0.05) is 0 Å². The summed E-state index contributed by atoms with van der Waals surface area (Å²) in [6.45, 7) is 0. The van der Waals surface area contributed by atoms with Crippen molar-refractivity contribution in [2.45, 2.75) is 34.8 Å². The van der Waals surface area contributed by atoms with Gasteiger partial charge in [0.15, 0.2) is 0 Å². The van der Waals surface area contributed by atoms with Crippen LogP contribution in [0.2, 0.25) is 0 Å². The molecule has 0 saturated heterocycles. The highest BCUT2D eigenvalue weighted by molar-refractivity contribution is 6.39. The Morgan fingerprint density at radius 3 is 0.850 bits per heavy atom. The van der Waals surface area contributed by atoms with Crippen molar-refractivity contribution in [1.29, 1.82) is 0 Å². The second kappa shape index (κ2) is 4.54. The molecule has 0 aromatic heterocycles. The average molecular weight is 362 g/mol. The summed E-state index contributed by atoms with van der Waals surface area (Å²) in [6, 6.07) is 0. The van der Waals surface area contributed by atoms with Crippen molar-refractivity contribution in [1.82, 2.24) is 0 Å². The van der Waals surface area contributed by atoms with E-state index < -0.39 is 55.3 Å². The molecule has 0 bridgehead atoms. The number of hydrogen-bond acceptors (Lipinski definition) is 0. The zero-order valence-corrected chi connectivity index (χ0v) is 13.5.